The molecule has 3 aromatic heterocycles. The van der Waals surface area contributed by atoms with Crippen molar-refractivity contribution in [3.05, 3.63) is 187 Å². The molecule has 0 N–H and O–H groups in total. The molecule has 0 spiro atoms. The van der Waals surface area contributed by atoms with E-state index < -0.39 is 6.85 Å². The third-order valence-corrected chi connectivity index (χ3v) is 11.2. The summed E-state index contributed by atoms with van der Waals surface area (Å²) in [4.78, 5) is 4.76. The fraction of sp³-hybridized carbons (Fsp3) is 0.164. The van der Waals surface area contributed by atoms with Crippen LogP contribution in [-0.4, -0.2) is 29.3 Å². The normalized spacial score (nSPS) is 15.1. The zero-order chi connectivity index (χ0) is 48.9. The Bertz CT molecular complexity index is 3650. The Hall–Kier alpha value is -7.27. The number of ether oxygens (including phenoxy) is 1. The molecular weight excluding hydrogens is 747 g/mol. The van der Waals surface area contributed by atoms with Crippen molar-refractivity contribution in [3.8, 4) is 34.1 Å². The van der Waals surface area contributed by atoms with Gasteiger partial charge in [0.15, 0.2) is 0 Å². The fourth-order valence-corrected chi connectivity index (χ4v) is 8.00. The third kappa shape index (κ3) is 6.85. The summed E-state index contributed by atoms with van der Waals surface area (Å²) in [6.45, 7) is 10.3. The van der Waals surface area contributed by atoms with Crippen molar-refractivity contribution in [3.63, 3.8) is 0 Å². The van der Waals surface area contributed by atoms with Crippen LogP contribution in [0, 0.1) is 6.85 Å². The molecule has 0 amide bonds. The number of rotatable bonds is 7. The van der Waals surface area contributed by atoms with Gasteiger partial charge in [-0.05, 0) is 82.4 Å². The van der Waals surface area contributed by atoms with E-state index in [0.717, 1.165) is 33.2 Å². The highest BCUT2D eigenvalue weighted by molar-refractivity contribution is 6.20. The maximum atomic E-state index is 9.70. The molecule has 6 aromatic carbocycles. The monoisotopic (exact) mass is 803 g/mol. The van der Waals surface area contributed by atoms with E-state index in [9.17, 15) is 2.74 Å². The second-order valence-corrected chi connectivity index (χ2v) is 17.5. The maximum Gasteiger partial charge on any atom is 0.501 e. The van der Waals surface area contributed by atoms with Crippen LogP contribution < -0.4 is 4.74 Å². The van der Waals surface area contributed by atoms with Crippen LogP contribution in [0.5, 0.6) is 11.5 Å². The standard InChI is InChI=1S/C55H49N5O/c1-37-29-51(56-35-48(37)38-17-10-8-11-18-38)60-50-34-45(25-26-47(50)52-53(60)46-23-14-15-24-49(46)59(52)41-19-12-9-13-20-41)61-44-22-16-21-42(33-44)57-27-28-58(36-57)43-31-39(54(2,3)4)30-40(32-43)55(5,6)7/h8-35H,1-7H3/q+2/i1D3,16D,21D,22D,29D,35D. The van der Waals surface area contributed by atoms with Gasteiger partial charge in [0.25, 0.3) is 12.4 Å². The number of hydrogen-bond acceptors (Lipinski definition) is 2. The van der Waals surface area contributed by atoms with Crippen molar-refractivity contribution in [2.24, 2.45) is 0 Å². The number of nitrogens with zero attached hydrogens (tertiary/aromatic N) is 5. The minimum atomic E-state index is -2.79. The van der Waals surface area contributed by atoms with Gasteiger partial charge in [-0.1, -0.05) is 130 Å². The summed E-state index contributed by atoms with van der Waals surface area (Å²) in [7, 11) is 0. The largest absolute Gasteiger partial charge is 0.501 e. The van der Waals surface area contributed by atoms with Crippen molar-refractivity contribution in [2.45, 2.75) is 59.2 Å². The van der Waals surface area contributed by atoms with Crippen LogP contribution in [0.1, 0.15) is 69.2 Å². The van der Waals surface area contributed by atoms with E-state index in [0.29, 0.717) is 16.6 Å². The molecule has 61 heavy (non-hydrogen) atoms. The lowest BCUT2D eigenvalue weighted by molar-refractivity contribution is -0.387. The molecule has 6 heteroatoms. The first-order chi connectivity index (χ1) is 32.7. The summed E-state index contributed by atoms with van der Waals surface area (Å²) in [6.07, 6.45) is 3.32. The van der Waals surface area contributed by atoms with Gasteiger partial charge in [-0.2, -0.15) is 0 Å². The van der Waals surface area contributed by atoms with Gasteiger partial charge in [-0.15, -0.1) is 0 Å². The van der Waals surface area contributed by atoms with Gasteiger partial charge in [0.05, 0.1) is 35.0 Å². The topological polar surface area (TPSA) is 38.0 Å². The first-order valence-corrected chi connectivity index (χ1v) is 20.4. The molecule has 4 heterocycles. The van der Waals surface area contributed by atoms with Crippen LogP contribution in [0.3, 0.4) is 0 Å². The molecule has 1 aliphatic rings. The predicted molar refractivity (Wildman–Crippen MR) is 250 cm³/mol. The number of para-hydroxylation sites is 2. The maximum absolute atomic E-state index is 9.70. The van der Waals surface area contributed by atoms with Crippen molar-refractivity contribution in [1.29, 1.82) is 0 Å². The van der Waals surface area contributed by atoms with Crippen LogP contribution in [0.2, 0.25) is 0 Å². The first kappa shape index (κ1) is 29.9. The van der Waals surface area contributed by atoms with E-state index in [-0.39, 0.29) is 75.3 Å². The van der Waals surface area contributed by atoms with E-state index in [2.05, 4.69) is 70.3 Å². The van der Waals surface area contributed by atoms with Crippen LogP contribution in [0.4, 0.5) is 11.4 Å². The molecule has 0 fully saturated rings. The number of hydrogen-bond donors (Lipinski definition) is 0. The first-order valence-electron chi connectivity index (χ1n) is 24.4. The van der Waals surface area contributed by atoms with Gasteiger partial charge in [0, 0.05) is 56.5 Å². The number of fused-ring (bicyclic) bond motifs is 5. The highest BCUT2D eigenvalue weighted by Gasteiger charge is 2.28. The van der Waals surface area contributed by atoms with Gasteiger partial charge >= 0.3 is 6.01 Å². The lowest BCUT2D eigenvalue weighted by Crippen LogP contribution is -2.17. The van der Waals surface area contributed by atoms with Crippen LogP contribution in [0.25, 0.3) is 55.5 Å². The second kappa shape index (κ2) is 14.5. The summed E-state index contributed by atoms with van der Waals surface area (Å²) >= 11 is 0. The molecule has 0 unspecified atom stereocenters. The molecule has 0 aliphatic carbocycles. The Morgan fingerprint density at radius 2 is 1.30 bits per heavy atom. The average molecular weight is 804 g/mol. The molecular formula is C55H49N5O+2. The van der Waals surface area contributed by atoms with Gasteiger partial charge < -0.3 is 9.30 Å². The van der Waals surface area contributed by atoms with Crippen molar-refractivity contribution in [1.82, 2.24) is 14.1 Å². The summed E-state index contributed by atoms with van der Waals surface area (Å²) in [6, 6.07) is 42.1. The molecule has 10 rings (SSSR count). The Kier molecular flexibility index (Phi) is 7.09. The summed E-state index contributed by atoms with van der Waals surface area (Å²) in [5.41, 5.74) is 7.18. The van der Waals surface area contributed by atoms with Crippen molar-refractivity contribution < 1.29 is 24.9 Å². The molecule has 0 saturated carbocycles. The SMILES string of the molecule is [2H]c1nc(-n2c3cc(Oc4cc([N+]5=C=[N+](c6cc(C(C)(C)C)cc(C(C)(C)C)c6)C=C5)c([2H])c([2H])c4[2H])ccc3c3c2c2ccccc2n3-c2ccccc2)c([2H])c(C([2H])([2H])[2H])c1-c1ccccc1. The molecule has 1 aliphatic heterocycles. The predicted octanol–water partition coefficient (Wildman–Crippen LogP) is 14.1. The Morgan fingerprint density at radius 3 is 2.02 bits per heavy atom. The Balaban J connectivity index is 1.18. The molecule has 0 bridgehead atoms. The van der Waals surface area contributed by atoms with Gasteiger partial charge in [-0.25, -0.2) is 4.98 Å². The zero-order valence-electron chi connectivity index (χ0n) is 42.9. The van der Waals surface area contributed by atoms with E-state index >= 15 is 0 Å². The molecule has 0 atom stereocenters. The number of benzene rings is 6. The van der Waals surface area contributed by atoms with E-state index in [4.69, 9.17) is 17.9 Å². The van der Waals surface area contributed by atoms with Gasteiger partial charge in [-0.3, -0.25) is 4.57 Å². The number of pyridine rings is 1. The molecule has 298 valence electrons. The minimum absolute atomic E-state index is 0.0234. The van der Waals surface area contributed by atoms with Gasteiger partial charge in [0.2, 0.25) is 11.4 Å². The minimum Gasteiger partial charge on any atom is -0.457 e. The average Bonchev–Trinajstić information content (AvgIpc) is 4.02. The summed E-state index contributed by atoms with van der Waals surface area (Å²) in [5, 5.41) is 1.52. The highest BCUT2D eigenvalue weighted by Crippen LogP contribution is 2.42. The van der Waals surface area contributed by atoms with E-state index in [1.807, 2.05) is 71.4 Å². The molecule has 0 saturated heterocycles. The van der Waals surface area contributed by atoms with Gasteiger partial charge in [0.1, 0.15) is 17.3 Å². The second-order valence-electron chi connectivity index (χ2n) is 17.5. The van der Waals surface area contributed by atoms with E-state index in [1.54, 1.807) is 63.9 Å². The lowest BCUT2D eigenvalue weighted by atomic mass is 9.80. The Morgan fingerprint density at radius 1 is 0.639 bits per heavy atom. The molecule has 0 radical (unpaired) electrons. The quantitative estimate of drug-likeness (QED) is 0.151. The molecule has 9 aromatic rings. The molecule has 6 nitrogen and oxygen atoms in total. The summed E-state index contributed by atoms with van der Waals surface area (Å²) < 4.78 is 86.0. The third-order valence-electron chi connectivity index (χ3n) is 11.2. The van der Waals surface area contributed by atoms with Crippen molar-refractivity contribution >= 4 is 50.2 Å². The lowest BCUT2D eigenvalue weighted by Gasteiger charge is -2.24. The van der Waals surface area contributed by atoms with Crippen LogP contribution in [-0.2, 0) is 10.8 Å². The summed E-state index contributed by atoms with van der Waals surface area (Å²) in [5.74, 6) is 0.245. The smallest absolute Gasteiger partial charge is 0.457 e. The van der Waals surface area contributed by atoms with Crippen molar-refractivity contribution in [2.75, 3.05) is 0 Å². The van der Waals surface area contributed by atoms with Crippen LogP contribution in [0.15, 0.2) is 170 Å². The van der Waals surface area contributed by atoms with E-state index in [1.165, 1.54) is 11.1 Å². The van der Waals surface area contributed by atoms with Crippen LogP contribution >= 0.6 is 0 Å². The number of aromatic nitrogens is 3. The zero-order valence-corrected chi connectivity index (χ0v) is 34.9. The highest BCUT2D eigenvalue weighted by atomic mass is 16.5. The fourth-order valence-electron chi connectivity index (χ4n) is 8.00. The Labute approximate surface area is 368 Å².